The molecule has 0 spiro atoms. The molecule has 4 aliphatic heterocycles. The van der Waals surface area contributed by atoms with Gasteiger partial charge in [-0.1, -0.05) is 11.8 Å². The van der Waals surface area contributed by atoms with Gasteiger partial charge in [0, 0.05) is 19.0 Å². The molecule has 11 nitrogen and oxygen atoms in total. The first-order valence-electron chi connectivity index (χ1n) is 9.31. The van der Waals surface area contributed by atoms with E-state index in [1.807, 2.05) is 30.3 Å². The van der Waals surface area contributed by atoms with E-state index in [0.29, 0.717) is 17.1 Å². The highest BCUT2D eigenvalue weighted by atomic mass is 32.2. The van der Waals surface area contributed by atoms with E-state index in [-0.39, 0.29) is 17.0 Å². The molecule has 2 atom stereocenters. The number of hydrogen-bond acceptors (Lipinski definition) is 10. The minimum Gasteiger partial charge on any atom is -0.477 e. The summed E-state index contributed by atoms with van der Waals surface area (Å²) >= 11 is 2.87. The molecule has 1 fully saturated rings. The standard InChI is InChI=1S/C16H18N6O3S2.C2HF3O2/c1-20-6-9(17)22-11(20)3-2-10(19-22)26-5-4-8-7-27-15-12(18)14(23)21(15)13(8)16(24)25;3-2(4,5)1(6)7/h2-6,12,15,19H,7,17-18H2,1H3,(H,24,25);(H,6,7)/b5-4+;/t12-,15+;/m1./s1. The van der Waals surface area contributed by atoms with Crippen molar-refractivity contribution in [1.82, 2.24) is 20.2 Å². The van der Waals surface area contributed by atoms with Crippen molar-refractivity contribution >= 4 is 41.4 Å². The molecule has 34 heavy (non-hydrogen) atoms. The number of nitrogens with one attached hydrogen (secondary N) is 1. The molecule has 1 amide bonds. The number of halogens is 3. The molecule has 7 N–H and O–H groups in total. The Labute approximate surface area is 199 Å². The number of carboxylic acids is 2. The summed E-state index contributed by atoms with van der Waals surface area (Å²) in [4.78, 5) is 35.7. The van der Waals surface area contributed by atoms with Crippen LogP contribution in [0.4, 0.5) is 13.2 Å². The quantitative estimate of drug-likeness (QED) is 0.329. The van der Waals surface area contributed by atoms with Crippen LogP contribution in [0.15, 0.2) is 57.8 Å². The topological polar surface area (TPSA) is 165 Å². The van der Waals surface area contributed by atoms with Gasteiger partial charge in [-0.2, -0.15) is 13.2 Å². The normalized spacial score (nSPS) is 23.7. The number of thioether (sulfide) groups is 2. The number of carbonyl (C=O) groups excluding carboxylic acids is 1. The third kappa shape index (κ3) is 4.97. The molecule has 4 rings (SSSR count). The average Bonchev–Trinajstić information content (AvgIpc) is 3.05. The molecule has 0 aromatic rings. The van der Waals surface area contributed by atoms with E-state index in [4.69, 9.17) is 21.4 Å². The maximum atomic E-state index is 11.9. The second-order valence-corrected chi connectivity index (χ2v) is 9.06. The largest absolute Gasteiger partial charge is 0.490 e. The molecule has 16 heteroatoms. The van der Waals surface area contributed by atoms with Crippen LogP contribution in [0.3, 0.4) is 0 Å². The number of hydrogen-bond donors (Lipinski definition) is 5. The van der Waals surface area contributed by atoms with Crippen molar-refractivity contribution in [3.63, 3.8) is 0 Å². The van der Waals surface area contributed by atoms with Gasteiger partial charge in [-0.05, 0) is 29.2 Å². The number of amides is 1. The zero-order chi connectivity index (χ0) is 25.4. The monoisotopic (exact) mass is 520 g/mol. The summed E-state index contributed by atoms with van der Waals surface area (Å²) in [6, 6.07) is -0.626. The minimum absolute atomic E-state index is 0.0170. The van der Waals surface area contributed by atoms with E-state index in [2.05, 4.69) is 5.43 Å². The summed E-state index contributed by atoms with van der Waals surface area (Å²) in [6.07, 6.45) is 2.31. The first-order chi connectivity index (χ1) is 15.8. The molecule has 0 unspecified atom stereocenters. The van der Waals surface area contributed by atoms with Gasteiger partial charge in [0.25, 0.3) is 0 Å². The number of carboxylic acid groups (broad SMARTS) is 2. The van der Waals surface area contributed by atoms with Crippen LogP contribution in [-0.4, -0.2) is 73.3 Å². The minimum atomic E-state index is -5.08. The van der Waals surface area contributed by atoms with E-state index in [1.54, 1.807) is 16.5 Å². The van der Waals surface area contributed by atoms with Crippen LogP contribution < -0.4 is 16.9 Å². The van der Waals surface area contributed by atoms with Gasteiger partial charge in [0.05, 0.1) is 5.03 Å². The lowest BCUT2D eigenvalue weighted by molar-refractivity contribution is -0.192. The maximum absolute atomic E-state index is 11.9. The Morgan fingerprint density at radius 1 is 1.32 bits per heavy atom. The van der Waals surface area contributed by atoms with Gasteiger partial charge in [-0.25, -0.2) is 14.6 Å². The van der Waals surface area contributed by atoms with Gasteiger partial charge in [0.15, 0.2) is 0 Å². The Hall–Kier alpha value is -3.24. The lowest BCUT2D eigenvalue weighted by Crippen LogP contribution is -2.68. The van der Waals surface area contributed by atoms with Crippen molar-refractivity contribution in [2.24, 2.45) is 11.5 Å². The molecule has 4 aliphatic rings. The van der Waals surface area contributed by atoms with Crippen LogP contribution in [-0.2, 0) is 14.4 Å². The second-order valence-electron chi connectivity index (χ2n) is 7.01. The lowest BCUT2D eigenvalue weighted by atomic mass is 10.0. The number of hydrazine groups is 1. The third-order valence-electron chi connectivity index (χ3n) is 4.73. The summed E-state index contributed by atoms with van der Waals surface area (Å²) in [5.74, 6) is -2.24. The predicted molar refractivity (Wildman–Crippen MR) is 117 cm³/mol. The van der Waals surface area contributed by atoms with Gasteiger partial charge in [0.1, 0.15) is 28.8 Å². The molecule has 0 radical (unpaired) electrons. The summed E-state index contributed by atoms with van der Waals surface area (Å²) in [6.45, 7) is 0. The van der Waals surface area contributed by atoms with Crippen molar-refractivity contribution in [2.45, 2.75) is 17.6 Å². The first-order valence-corrected chi connectivity index (χ1v) is 11.2. The van der Waals surface area contributed by atoms with Crippen LogP contribution in [0.5, 0.6) is 0 Å². The zero-order valence-electron chi connectivity index (χ0n) is 17.3. The predicted octanol–water partition coefficient (Wildman–Crippen LogP) is 0.654. The molecule has 0 saturated carbocycles. The van der Waals surface area contributed by atoms with Crippen molar-refractivity contribution < 1.29 is 37.8 Å². The van der Waals surface area contributed by atoms with E-state index >= 15 is 0 Å². The molecule has 0 aromatic carbocycles. The highest BCUT2D eigenvalue weighted by Gasteiger charge is 2.51. The van der Waals surface area contributed by atoms with E-state index in [0.717, 1.165) is 10.9 Å². The van der Waals surface area contributed by atoms with Gasteiger partial charge < -0.3 is 26.6 Å². The molecule has 0 bridgehead atoms. The van der Waals surface area contributed by atoms with E-state index in [1.165, 1.54) is 28.4 Å². The Kier molecular flexibility index (Phi) is 7.13. The number of allylic oxidation sites excluding steroid dienone is 3. The van der Waals surface area contributed by atoms with Crippen LogP contribution in [0.2, 0.25) is 0 Å². The summed E-state index contributed by atoms with van der Waals surface area (Å²) in [5.41, 5.74) is 15.5. The van der Waals surface area contributed by atoms with E-state index < -0.39 is 24.2 Å². The molecule has 1 saturated heterocycles. The Morgan fingerprint density at radius 3 is 2.56 bits per heavy atom. The van der Waals surface area contributed by atoms with Crippen molar-refractivity contribution in [1.29, 1.82) is 0 Å². The summed E-state index contributed by atoms with van der Waals surface area (Å²) in [5, 5.41) is 20.8. The Bertz CT molecular complexity index is 1070. The molecule has 4 heterocycles. The number of β-lactam (4-membered cyclic amide) rings is 1. The Balaban J connectivity index is 0.000000406. The fraction of sp³-hybridized carbons (Fsp3) is 0.278. The van der Waals surface area contributed by atoms with Gasteiger partial charge in [-0.3, -0.25) is 15.1 Å². The number of carbonyl (C=O) groups is 3. The van der Waals surface area contributed by atoms with Crippen molar-refractivity contribution in [3.05, 3.63) is 57.8 Å². The third-order valence-corrected chi connectivity index (χ3v) is 6.81. The lowest BCUT2D eigenvalue weighted by Gasteiger charge is -2.47. The van der Waals surface area contributed by atoms with Crippen LogP contribution in [0.25, 0.3) is 0 Å². The smallest absolute Gasteiger partial charge is 0.477 e. The highest BCUT2D eigenvalue weighted by Crippen LogP contribution is 2.40. The van der Waals surface area contributed by atoms with E-state index in [9.17, 15) is 27.9 Å². The van der Waals surface area contributed by atoms with Crippen molar-refractivity contribution in [3.8, 4) is 0 Å². The maximum Gasteiger partial charge on any atom is 0.490 e. The molecule has 0 aromatic heterocycles. The summed E-state index contributed by atoms with van der Waals surface area (Å²) < 4.78 is 31.7. The number of fused-ring (bicyclic) bond motifs is 2. The average molecular weight is 521 g/mol. The Morgan fingerprint density at radius 2 is 1.97 bits per heavy atom. The summed E-state index contributed by atoms with van der Waals surface area (Å²) in [7, 11) is 1.91. The zero-order valence-corrected chi connectivity index (χ0v) is 18.9. The fourth-order valence-electron chi connectivity index (χ4n) is 3.15. The van der Waals surface area contributed by atoms with Crippen molar-refractivity contribution in [2.75, 3.05) is 12.8 Å². The molecule has 184 valence electrons. The van der Waals surface area contributed by atoms with Gasteiger partial charge >= 0.3 is 18.1 Å². The van der Waals surface area contributed by atoms with Crippen LogP contribution in [0.1, 0.15) is 0 Å². The van der Waals surface area contributed by atoms with Gasteiger partial charge in [0.2, 0.25) is 5.91 Å². The van der Waals surface area contributed by atoms with Crippen LogP contribution >= 0.6 is 23.5 Å². The highest BCUT2D eigenvalue weighted by molar-refractivity contribution is 8.05. The number of aliphatic carboxylic acids is 2. The van der Waals surface area contributed by atoms with Gasteiger partial charge in [-0.15, -0.1) is 11.8 Å². The molecular formula is C18H19F3N6O5S2. The SMILES string of the molecule is CN1C=C(N)N2NC(S/C=C/C3=C(C(=O)O)N4C(=O)[C@@H](N)[C@@H]4SC3)=CC=C12.O=C(O)C(F)(F)F. The number of nitrogens with two attached hydrogens (primary N) is 2. The number of rotatable bonds is 4. The van der Waals surface area contributed by atoms with Crippen LogP contribution in [0, 0.1) is 0 Å². The molecule has 0 aliphatic carbocycles. The molecular weight excluding hydrogens is 501 g/mol. The number of nitrogens with zero attached hydrogens (tertiary/aromatic N) is 3. The second kappa shape index (κ2) is 9.55. The fourth-order valence-corrected chi connectivity index (χ4v) is 5.08. The number of alkyl halides is 3. The first kappa shape index (κ1) is 25.4.